The summed E-state index contributed by atoms with van der Waals surface area (Å²) in [6.45, 7) is 3.46. The predicted octanol–water partition coefficient (Wildman–Crippen LogP) is 2.04. The first-order valence-electron chi connectivity index (χ1n) is 7.07. The number of aryl methyl sites for hydroxylation is 1. The number of aromatic nitrogens is 3. The van der Waals surface area contributed by atoms with Crippen molar-refractivity contribution in [2.24, 2.45) is 0 Å². The van der Waals surface area contributed by atoms with Gasteiger partial charge >= 0.3 is 0 Å². The van der Waals surface area contributed by atoms with E-state index in [1.54, 1.807) is 10.9 Å². The van der Waals surface area contributed by atoms with Gasteiger partial charge in [0.1, 0.15) is 12.2 Å². The van der Waals surface area contributed by atoms with E-state index in [0.29, 0.717) is 12.3 Å². The molecular formula is C15H19N3O2. The minimum atomic E-state index is -0.738. The molecule has 2 unspecified atom stereocenters. The smallest absolute Gasteiger partial charge is 0.127 e. The number of ether oxygens (including phenoxy) is 1. The van der Waals surface area contributed by atoms with Crippen LogP contribution in [0, 0.1) is 0 Å². The van der Waals surface area contributed by atoms with Crippen LogP contribution in [-0.4, -0.2) is 26.7 Å². The van der Waals surface area contributed by atoms with Gasteiger partial charge in [-0.1, -0.05) is 36.4 Å². The summed E-state index contributed by atoms with van der Waals surface area (Å²) >= 11 is 0. The molecule has 3 rings (SSSR count). The first-order chi connectivity index (χ1) is 9.81. The molecule has 1 N–H and O–H groups in total. The highest BCUT2D eigenvalue weighted by molar-refractivity contribution is 5.32. The predicted molar refractivity (Wildman–Crippen MR) is 74.1 cm³/mol. The van der Waals surface area contributed by atoms with Crippen LogP contribution in [0.4, 0.5) is 0 Å². The molecule has 5 heteroatoms. The van der Waals surface area contributed by atoms with Crippen LogP contribution in [0.2, 0.25) is 0 Å². The first kappa shape index (κ1) is 13.3. The Morgan fingerprint density at radius 2 is 2.30 bits per heavy atom. The van der Waals surface area contributed by atoms with Crippen LogP contribution in [0.3, 0.4) is 0 Å². The van der Waals surface area contributed by atoms with Gasteiger partial charge in [0.15, 0.2) is 0 Å². The van der Waals surface area contributed by atoms with Crippen molar-refractivity contribution in [3.05, 3.63) is 47.3 Å². The molecule has 0 aliphatic carbocycles. The normalized spacial score (nSPS) is 19.6. The molecule has 0 spiro atoms. The summed E-state index contributed by atoms with van der Waals surface area (Å²) < 4.78 is 7.56. The van der Waals surface area contributed by atoms with Crippen LogP contribution < -0.4 is 0 Å². The van der Waals surface area contributed by atoms with Crippen molar-refractivity contribution in [3.8, 4) is 0 Å². The van der Waals surface area contributed by atoms with E-state index >= 15 is 0 Å². The molecule has 2 atom stereocenters. The van der Waals surface area contributed by atoms with Gasteiger partial charge in [-0.15, -0.1) is 5.10 Å². The molecule has 0 saturated carbocycles. The molecule has 1 aromatic carbocycles. The number of hydrogen-bond donors (Lipinski definition) is 1. The average Bonchev–Trinajstić information content (AvgIpc) is 2.94. The monoisotopic (exact) mass is 273 g/mol. The molecule has 1 aliphatic heterocycles. The largest absolute Gasteiger partial charge is 0.384 e. The summed E-state index contributed by atoms with van der Waals surface area (Å²) in [5.74, 6) is 0. The van der Waals surface area contributed by atoms with Crippen molar-refractivity contribution in [2.45, 2.75) is 38.5 Å². The Morgan fingerprint density at radius 1 is 1.45 bits per heavy atom. The van der Waals surface area contributed by atoms with Gasteiger partial charge in [-0.2, -0.15) is 0 Å². The lowest BCUT2D eigenvalue weighted by Gasteiger charge is -2.29. The van der Waals surface area contributed by atoms with Crippen LogP contribution in [0.15, 0.2) is 30.5 Å². The van der Waals surface area contributed by atoms with Gasteiger partial charge in [-0.25, -0.2) is 4.68 Å². The fourth-order valence-electron chi connectivity index (χ4n) is 2.72. The fraction of sp³-hybridized carbons (Fsp3) is 0.467. The molecule has 0 amide bonds. The number of aliphatic hydroxyl groups excluding tert-OH is 1. The highest BCUT2D eigenvalue weighted by atomic mass is 16.5. The number of nitrogens with zero attached hydrogens (tertiary/aromatic N) is 3. The Morgan fingerprint density at radius 3 is 3.15 bits per heavy atom. The minimum Gasteiger partial charge on any atom is -0.384 e. The average molecular weight is 273 g/mol. The number of fused-ring (bicyclic) bond motifs is 1. The van der Waals surface area contributed by atoms with Crippen molar-refractivity contribution < 1.29 is 9.84 Å². The summed E-state index contributed by atoms with van der Waals surface area (Å²) in [4.78, 5) is 0. The molecule has 106 valence electrons. The van der Waals surface area contributed by atoms with Crippen LogP contribution in [0.1, 0.15) is 42.4 Å². The third-order valence-electron chi connectivity index (χ3n) is 3.70. The Bertz CT molecular complexity index is 582. The minimum absolute atomic E-state index is 0.339. The van der Waals surface area contributed by atoms with Gasteiger partial charge < -0.3 is 9.84 Å². The molecule has 20 heavy (non-hydrogen) atoms. The highest BCUT2D eigenvalue weighted by Gasteiger charge is 2.30. The molecule has 2 aromatic rings. The van der Waals surface area contributed by atoms with Gasteiger partial charge in [-0.3, -0.25) is 0 Å². The third kappa shape index (κ3) is 2.34. The lowest BCUT2D eigenvalue weighted by atomic mass is 9.93. The quantitative estimate of drug-likeness (QED) is 0.926. The maximum Gasteiger partial charge on any atom is 0.127 e. The maximum atomic E-state index is 10.7. The van der Waals surface area contributed by atoms with E-state index in [4.69, 9.17) is 4.74 Å². The molecular weight excluding hydrogens is 254 g/mol. The number of benzene rings is 1. The van der Waals surface area contributed by atoms with E-state index in [9.17, 15) is 5.11 Å². The molecule has 2 heterocycles. The zero-order chi connectivity index (χ0) is 13.9. The van der Waals surface area contributed by atoms with Crippen LogP contribution >= 0.6 is 0 Å². The van der Waals surface area contributed by atoms with E-state index in [1.165, 1.54) is 5.56 Å². The van der Waals surface area contributed by atoms with Crippen LogP contribution in [0.5, 0.6) is 0 Å². The highest BCUT2D eigenvalue weighted by Crippen LogP contribution is 2.36. The Balaban J connectivity index is 1.91. The van der Waals surface area contributed by atoms with Gasteiger partial charge in [0, 0.05) is 6.54 Å². The molecule has 0 fully saturated rings. The SMILES string of the molecule is CCCn1nncc1C(O)C1OCCc2ccccc21. The van der Waals surface area contributed by atoms with E-state index in [-0.39, 0.29) is 6.10 Å². The number of aliphatic hydroxyl groups is 1. The van der Waals surface area contributed by atoms with Crippen molar-refractivity contribution >= 4 is 0 Å². The summed E-state index contributed by atoms with van der Waals surface area (Å²) in [6, 6.07) is 8.13. The summed E-state index contributed by atoms with van der Waals surface area (Å²) in [7, 11) is 0. The molecule has 1 aliphatic rings. The van der Waals surface area contributed by atoms with Crippen molar-refractivity contribution in [1.29, 1.82) is 0 Å². The second-order valence-corrected chi connectivity index (χ2v) is 5.07. The summed E-state index contributed by atoms with van der Waals surface area (Å²) in [6.07, 6.45) is 2.39. The number of rotatable bonds is 4. The fourth-order valence-corrected chi connectivity index (χ4v) is 2.72. The zero-order valence-electron chi connectivity index (χ0n) is 11.6. The summed E-state index contributed by atoms with van der Waals surface area (Å²) in [5.41, 5.74) is 3.03. The molecule has 0 saturated heterocycles. The molecule has 0 bridgehead atoms. The Kier molecular flexibility index (Phi) is 3.80. The Hall–Kier alpha value is -1.72. The van der Waals surface area contributed by atoms with E-state index in [1.807, 2.05) is 18.2 Å². The standard InChI is InChI=1S/C15H19N3O2/c1-2-8-18-13(10-16-17-18)14(19)15-12-6-4-3-5-11(12)7-9-20-15/h3-6,10,14-15,19H,2,7-9H2,1H3. The van der Waals surface area contributed by atoms with Crippen molar-refractivity contribution in [2.75, 3.05) is 6.61 Å². The van der Waals surface area contributed by atoms with E-state index in [0.717, 1.165) is 24.9 Å². The van der Waals surface area contributed by atoms with Crippen molar-refractivity contribution in [3.63, 3.8) is 0 Å². The lowest BCUT2D eigenvalue weighted by molar-refractivity contribution is -0.0516. The van der Waals surface area contributed by atoms with Crippen LogP contribution in [0.25, 0.3) is 0 Å². The maximum absolute atomic E-state index is 10.7. The molecule has 0 radical (unpaired) electrons. The Labute approximate surface area is 118 Å². The van der Waals surface area contributed by atoms with Crippen LogP contribution in [-0.2, 0) is 17.7 Å². The second kappa shape index (κ2) is 5.73. The summed E-state index contributed by atoms with van der Waals surface area (Å²) in [5, 5.41) is 18.6. The van der Waals surface area contributed by atoms with E-state index < -0.39 is 6.10 Å². The first-order valence-corrected chi connectivity index (χ1v) is 7.07. The van der Waals surface area contributed by atoms with Gasteiger partial charge in [0.2, 0.25) is 0 Å². The zero-order valence-corrected chi connectivity index (χ0v) is 11.6. The molecule has 1 aromatic heterocycles. The topological polar surface area (TPSA) is 60.2 Å². The molecule has 5 nitrogen and oxygen atoms in total. The van der Waals surface area contributed by atoms with Crippen molar-refractivity contribution in [1.82, 2.24) is 15.0 Å². The second-order valence-electron chi connectivity index (χ2n) is 5.07. The third-order valence-corrected chi connectivity index (χ3v) is 3.70. The lowest BCUT2D eigenvalue weighted by Crippen LogP contribution is -2.24. The van der Waals surface area contributed by atoms with Gasteiger partial charge in [0.25, 0.3) is 0 Å². The number of hydrogen-bond acceptors (Lipinski definition) is 4. The van der Waals surface area contributed by atoms with Gasteiger partial charge in [0.05, 0.1) is 18.5 Å². The van der Waals surface area contributed by atoms with E-state index in [2.05, 4.69) is 23.3 Å². The van der Waals surface area contributed by atoms with Gasteiger partial charge in [-0.05, 0) is 24.0 Å².